The lowest BCUT2D eigenvalue weighted by atomic mass is 10.2. The minimum absolute atomic E-state index is 0.0778. The minimum Gasteiger partial charge on any atom is -0.378 e. The first-order valence-corrected chi connectivity index (χ1v) is 7.13. The van der Waals surface area contributed by atoms with Crippen LogP contribution in [0.15, 0.2) is 36.4 Å². The molecule has 6 heteroatoms. The van der Waals surface area contributed by atoms with E-state index in [1.165, 1.54) is 6.07 Å². The summed E-state index contributed by atoms with van der Waals surface area (Å²) in [5, 5.41) is 0.0778. The Kier molecular flexibility index (Phi) is 3.47. The quantitative estimate of drug-likeness (QED) is 0.700. The van der Waals surface area contributed by atoms with Crippen molar-refractivity contribution in [3.63, 3.8) is 0 Å². The summed E-state index contributed by atoms with van der Waals surface area (Å²) in [7, 11) is 3.94. The predicted molar refractivity (Wildman–Crippen MR) is 87.8 cm³/mol. The SMILES string of the molecule is CN(C)c1cccc(-n2c(=S)[nH]c3cc(F)c(Cl)cc32)c1. The second-order valence-corrected chi connectivity index (χ2v) is 5.76. The van der Waals surface area contributed by atoms with Crippen molar-refractivity contribution >= 4 is 40.5 Å². The molecule has 0 spiro atoms. The molecule has 0 bridgehead atoms. The highest BCUT2D eigenvalue weighted by atomic mass is 35.5. The van der Waals surface area contributed by atoms with E-state index in [1.54, 1.807) is 6.07 Å². The Morgan fingerprint density at radius 2 is 2.00 bits per heavy atom. The van der Waals surface area contributed by atoms with Crippen molar-refractivity contribution in [3.8, 4) is 5.69 Å². The number of nitrogens with one attached hydrogen (secondary N) is 1. The van der Waals surface area contributed by atoms with E-state index in [1.807, 2.05) is 47.8 Å². The van der Waals surface area contributed by atoms with Gasteiger partial charge in [0.1, 0.15) is 5.82 Å². The lowest BCUT2D eigenvalue weighted by Crippen LogP contribution is -2.09. The molecule has 2 aromatic carbocycles. The Bertz CT molecular complexity index is 882. The van der Waals surface area contributed by atoms with Crippen LogP contribution in [0.5, 0.6) is 0 Å². The fourth-order valence-electron chi connectivity index (χ4n) is 2.27. The summed E-state index contributed by atoms with van der Waals surface area (Å²) in [4.78, 5) is 5.02. The van der Waals surface area contributed by atoms with Crippen LogP contribution in [0, 0.1) is 10.6 Å². The number of halogens is 2. The molecule has 3 aromatic rings. The van der Waals surface area contributed by atoms with Crippen molar-refractivity contribution < 1.29 is 4.39 Å². The summed E-state index contributed by atoms with van der Waals surface area (Å²) in [6.07, 6.45) is 0. The number of H-pyrrole nitrogens is 1. The maximum absolute atomic E-state index is 13.6. The van der Waals surface area contributed by atoms with Crippen molar-refractivity contribution in [1.29, 1.82) is 0 Å². The van der Waals surface area contributed by atoms with Gasteiger partial charge in [0.2, 0.25) is 0 Å². The van der Waals surface area contributed by atoms with E-state index in [4.69, 9.17) is 23.8 Å². The van der Waals surface area contributed by atoms with Crippen LogP contribution < -0.4 is 4.90 Å². The van der Waals surface area contributed by atoms with Gasteiger partial charge in [0.25, 0.3) is 0 Å². The molecule has 0 fully saturated rings. The molecule has 0 atom stereocenters. The van der Waals surface area contributed by atoms with Crippen LogP contribution >= 0.6 is 23.8 Å². The monoisotopic (exact) mass is 321 g/mol. The third kappa shape index (κ3) is 2.43. The lowest BCUT2D eigenvalue weighted by Gasteiger charge is -2.14. The van der Waals surface area contributed by atoms with E-state index in [0.717, 1.165) is 16.9 Å². The molecule has 108 valence electrons. The Labute approximate surface area is 131 Å². The van der Waals surface area contributed by atoms with Crippen LogP contribution in [0.25, 0.3) is 16.7 Å². The van der Waals surface area contributed by atoms with E-state index in [0.29, 0.717) is 10.3 Å². The summed E-state index contributed by atoms with van der Waals surface area (Å²) in [5.41, 5.74) is 3.33. The van der Waals surface area contributed by atoms with Gasteiger partial charge in [-0.2, -0.15) is 0 Å². The smallest absolute Gasteiger partial charge is 0.182 e. The number of fused-ring (bicyclic) bond motifs is 1. The topological polar surface area (TPSA) is 24.0 Å². The zero-order valence-electron chi connectivity index (χ0n) is 11.5. The van der Waals surface area contributed by atoms with Crippen molar-refractivity contribution in [2.75, 3.05) is 19.0 Å². The van der Waals surface area contributed by atoms with Gasteiger partial charge in [-0.15, -0.1) is 0 Å². The van der Waals surface area contributed by atoms with Gasteiger partial charge in [-0.05, 0) is 36.5 Å². The van der Waals surface area contributed by atoms with Crippen molar-refractivity contribution in [1.82, 2.24) is 9.55 Å². The molecule has 0 unspecified atom stereocenters. The lowest BCUT2D eigenvalue weighted by molar-refractivity contribution is 0.630. The van der Waals surface area contributed by atoms with Gasteiger partial charge in [-0.3, -0.25) is 4.57 Å². The Hall–Kier alpha value is -1.85. The van der Waals surface area contributed by atoms with Crippen LogP contribution in [0.4, 0.5) is 10.1 Å². The van der Waals surface area contributed by atoms with E-state index in [2.05, 4.69) is 4.98 Å². The van der Waals surface area contributed by atoms with E-state index in [-0.39, 0.29) is 5.02 Å². The first-order valence-electron chi connectivity index (χ1n) is 6.35. The van der Waals surface area contributed by atoms with Crippen molar-refractivity contribution in [2.45, 2.75) is 0 Å². The highest BCUT2D eigenvalue weighted by Crippen LogP contribution is 2.26. The third-order valence-electron chi connectivity index (χ3n) is 3.33. The number of aromatic amines is 1. The largest absolute Gasteiger partial charge is 0.378 e. The number of rotatable bonds is 2. The average molecular weight is 322 g/mol. The number of benzene rings is 2. The van der Waals surface area contributed by atoms with Gasteiger partial charge in [0.15, 0.2) is 4.77 Å². The number of hydrogen-bond donors (Lipinski definition) is 1. The summed E-state index contributed by atoms with van der Waals surface area (Å²) >= 11 is 11.3. The fourth-order valence-corrected chi connectivity index (χ4v) is 2.74. The van der Waals surface area contributed by atoms with Crippen LogP contribution in [0.1, 0.15) is 0 Å². The maximum atomic E-state index is 13.6. The Balaban J connectivity index is 2.30. The first kappa shape index (κ1) is 14.1. The molecular formula is C15H13ClFN3S. The minimum atomic E-state index is -0.463. The molecule has 0 aliphatic carbocycles. The number of aromatic nitrogens is 2. The summed E-state index contributed by atoms with van der Waals surface area (Å²) in [6, 6.07) is 10.9. The highest BCUT2D eigenvalue weighted by molar-refractivity contribution is 7.71. The standard InChI is InChI=1S/C15H13ClFN3S/c1-19(2)9-4-3-5-10(6-9)20-14-7-11(16)12(17)8-13(14)18-15(20)21/h3-8H,1-2H3,(H,18,21). The molecule has 0 aliphatic heterocycles. The molecule has 1 aromatic heterocycles. The zero-order chi connectivity index (χ0) is 15.1. The molecule has 0 aliphatic rings. The highest BCUT2D eigenvalue weighted by Gasteiger charge is 2.11. The van der Waals surface area contributed by atoms with E-state index in [9.17, 15) is 4.39 Å². The molecule has 1 heterocycles. The van der Waals surface area contributed by atoms with Crippen LogP contribution in [0.2, 0.25) is 5.02 Å². The average Bonchev–Trinajstić information content (AvgIpc) is 2.74. The third-order valence-corrected chi connectivity index (χ3v) is 3.90. The van der Waals surface area contributed by atoms with Crippen LogP contribution in [-0.4, -0.2) is 23.6 Å². The molecule has 0 saturated heterocycles. The van der Waals surface area contributed by atoms with Crippen molar-refractivity contribution in [2.24, 2.45) is 0 Å². The second kappa shape index (κ2) is 5.16. The zero-order valence-corrected chi connectivity index (χ0v) is 13.1. The van der Waals surface area contributed by atoms with E-state index < -0.39 is 5.82 Å². The maximum Gasteiger partial charge on any atom is 0.182 e. The predicted octanol–water partition coefficient (Wildman–Crippen LogP) is 4.55. The number of imidazole rings is 1. The van der Waals surface area contributed by atoms with Gasteiger partial charge >= 0.3 is 0 Å². The van der Waals surface area contributed by atoms with Gasteiger partial charge < -0.3 is 9.88 Å². The molecule has 0 amide bonds. The number of anilines is 1. The second-order valence-electron chi connectivity index (χ2n) is 4.96. The van der Waals surface area contributed by atoms with Gasteiger partial charge in [0, 0.05) is 25.8 Å². The fraction of sp³-hybridized carbons (Fsp3) is 0.133. The van der Waals surface area contributed by atoms with Gasteiger partial charge in [-0.1, -0.05) is 17.7 Å². The van der Waals surface area contributed by atoms with Crippen LogP contribution in [-0.2, 0) is 0 Å². The first-order chi connectivity index (χ1) is 9.97. The summed E-state index contributed by atoms with van der Waals surface area (Å²) in [6.45, 7) is 0. The van der Waals surface area contributed by atoms with Crippen molar-refractivity contribution in [3.05, 3.63) is 52.0 Å². The molecule has 0 radical (unpaired) electrons. The molecular weight excluding hydrogens is 309 g/mol. The molecule has 3 rings (SSSR count). The van der Waals surface area contributed by atoms with Crippen LogP contribution in [0.3, 0.4) is 0 Å². The normalized spacial score (nSPS) is 11.0. The molecule has 0 saturated carbocycles. The Morgan fingerprint density at radius 3 is 2.71 bits per heavy atom. The van der Waals surface area contributed by atoms with E-state index >= 15 is 0 Å². The summed E-state index contributed by atoms with van der Waals surface area (Å²) < 4.78 is 15.9. The summed E-state index contributed by atoms with van der Waals surface area (Å²) in [5.74, 6) is -0.463. The van der Waals surface area contributed by atoms with Gasteiger partial charge in [0.05, 0.1) is 21.7 Å². The number of hydrogen-bond acceptors (Lipinski definition) is 2. The Morgan fingerprint density at radius 1 is 1.24 bits per heavy atom. The van der Waals surface area contributed by atoms with Gasteiger partial charge in [-0.25, -0.2) is 4.39 Å². The number of nitrogens with zero attached hydrogens (tertiary/aromatic N) is 2. The molecule has 1 N–H and O–H groups in total. The molecule has 21 heavy (non-hydrogen) atoms. The molecule has 3 nitrogen and oxygen atoms in total.